The van der Waals surface area contributed by atoms with Crippen molar-refractivity contribution in [3.63, 3.8) is 0 Å². The van der Waals surface area contributed by atoms with Crippen LogP contribution in [0.25, 0.3) is 0 Å². The molecule has 11 heteroatoms. The number of rotatable bonds is 12. The first-order valence-corrected chi connectivity index (χ1v) is 14.4. The van der Waals surface area contributed by atoms with Crippen LogP contribution in [0.2, 0.25) is 5.02 Å². The zero-order valence-corrected chi connectivity index (χ0v) is 23.0. The zero-order chi connectivity index (χ0) is 27.0. The van der Waals surface area contributed by atoms with Gasteiger partial charge in [0.05, 0.1) is 11.4 Å². The molecule has 0 radical (unpaired) electrons. The molecule has 2 amide bonds. The number of sulfonamides is 1. The Kier molecular flexibility index (Phi) is 10.0. The van der Waals surface area contributed by atoms with Crippen LogP contribution >= 0.6 is 11.6 Å². The Hall–Kier alpha value is -2.98. The summed E-state index contributed by atoms with van der Waals surface area (Å²) in [5, 5.41) is 3.41. The van der Waals surface area contributed by atoms with Crippen molar-refractivity contribution in [2.24, 2.45) is 0 Å². The van der Waals surface area contributed by atoms with Crippen molar-refractivity contribution < 1.29 is 27.5 Å². The Bertz CT molecular complexity index is 1190. The SMILES string of the molecule is CCCNC(=O)C(CC)N(Cc1ccc(Cl)cc1)C(=O)CN(c1ccc2c(c1)OCCO2)S(=O)(=O)CC. The molecule has 1 atom stereocenters. The number of ether oxygens (including phenoxy) is 2. The molecule has 1 unspecified atom stereocenters. The van der Waals surface area contributed by atoms with E-state index in [1.165, 1.54) is 11.8 Å². The molecule has 0 saturated carbocycles. The fraction of sp³-hybridized carbons (Fsp3) is 0.462. The molecule has 0 saturated heterocycles. The van der Waals surface area contributed by atoms with E-state index >= 15 is 0 Å². The molecule has 2 aromatic carbocycles. The Labute approximate surface area is 223 Å². The minimum absolute atomic E-state index is 0.120. The number of nitrogens with one attached hydrogen (secondary N) is 1. The van der Waals surface area contributed by atoms with Gasteiger partial charge in [-0.05, 0) is 49.6 Å². The highest BCUT2D eigenvalue weighted by Gasteiger charge is 2.32. The lowest BCUT2D eigenvalue weighted by Gasteiger charge is -2.33. The highest BCUT2D eigenvalue weighted by Crippen LogP contribution is 2.35. The number of nitrogens with zero attached hydrogens (tertiary/aromatic N) is 2. The van der Waals surface area contributed by atoms with Gasteiger partial charge in [0.25, 0.3) is 0 Å². The molecule has 1 aliphatic rings. The van der Waals surface area contributed by atoms with Crippen molar-refractivity contribution >= 4 is 39.1 Å². The van der Waals surface area contributed by atoms with Gasteiger partial charge in [-0.2, -0.15) is 0 Å². The normalized spacial score (nSPS) is 13.5. The number of hydrogen-bond acceptors (Lipinski definition) is 6. The van der Waals surface area contributed by atoms with E-state index in [4.69, 9.17) is 21.1 Å². The molecule has 202 valence electrons. The molecule has 0 aromatic heterocycles. The zero-order valence-electron chi connectivity index (χ0n) is 21.4. The van der Waals surface area contributed by atoms with Crippen LogP contribution in [0.15, 0.2) is 42.5 Å². The highest BCUT2D eigenvalue weighted by atomic mass is 35.5. The first-order valence-electron chi connectivity index (χ1n) is 12.4. The van der Waals surface area contributed by atoms with Gasteiger partial charge in [-0.25, -0.2) is 8.42 Å². The van der Waals surface area contributed by atoms with Crippen molar-refractivity contribution in [1.29, 1.82) is 0 Å². The molecule has 1 N–H and O–H groups in total. The summed E-state index contributed by atoms with van der Waals surface area (Å²) in [6, 6.07) is 11.0. The molecule has 2 aromatic rings. The number of halogens is 1. The van der Waals surface area contributed by atoms with Crippen molar-refractivity contribution in [1.82, 2.24) is 10.2 Å². The number of carbonyl (C=O) groups is 2. The maximum atomic E-state index is 13.8. The van der Waals surface area contributed by atoms with Crippen LogP contribution in [0.3, 0.4) is 0 Å². The minimum atomic E-state index is -3.84. The number of benzene rings is 2. The molecule has 0 bridgehead atoms. The molecule has 9 nitrogen and oxygen atoms in total. The molecule has 0 fully saturated rings. The van der Waals surface area contributed by atoms with E-state index in [0.717, 1.165) is 16.3 Å². The summed E-state index contributed by atoms with van der Waals surface area (Å²) < 4.78 is 38.5. The van der Waals surface area contributed by atoms with E-state index in [2.05, 4.69) is 5.32 Å². The number of amides is 2. The van der Waals surface area contributed by atoms with Crippen LogP contribution in [0, 0.1) is 0 Å². The van der Waals surface area contributed by atoms with Crippen molar-refractivity contribution in [3.05, 3.63) is 53.1 Å². The van der Waals surface area contributed by atoms with Crippen molar-refractivity contribution in [2.75, 3.05) is 36.4 Å². The minimum Gasteiger partial charge on any atom is -0.486 e. The topological polar surface area (TPSA) is 105 Å². The van der Waals surface area contributed by atoms with Gasteiger partial charge in [0, 0.05) is 24.2 Å². The van der Waals surface area contributed by atoms with E-state index in [0.29, 0.717) is 42.7 Å². The van der Waals surface area contributed by atoms with Gasteiger partial charge in [-0.15, -0.1) is 0 Å². The third-order valence-corrected chi connectivity index (χ3v) is 7.99. The Morgan fingerprint density at radius 2 is 1.70 bits per heavy atom. The first-order chi connectivity index (χ1) is 17.7. The van der Waals surface area contributed by atoms with Gasteiger partial charge < -0.3 is 19.7 Å². The van der Waals surface area contributed by atoms with Crippen molar-refractivity contribution in [3.8, 4) is 11.5 Å². The third kappa shape index (κ3) is 7.29. The standard InChI is InChI=1S/C26H34ClN3O6S/c1-4-13-28-26(32)22(5-2)29(17-19-7-9-20(27)10-8-19)25(31)18-30(37(33,34)6-3)21-11-12-23-24(16-21)36-15-14-35-23/h7-12,16,22H,4-6,13-15,17-18H2,1-3H3,(H,28,32). The monoisotopic (exact) mass is 551 g/mol. The lowest BCUT2D eigenvalue weighted by molar-refractivity contribution is -0.140. The maximum absolute atomic E-state index is 13.8. The van der Waals surface area contributed by atoms with Gasteiger partial charge in [0.2, 0.25) is 21.8 Å². The third-order valence-electron chi connectivity index (χ3n) is 5.99. The smallest absolute Gasteiger partial charge is 0.244 e. The second kappa shape index (κ2) is 13.0. The lowest BCUT2D eigenvalue weighted by atomic mass is 10.1. The fourth-order valence-electron chi connectivity index (χ4n) is 3.98. The van der Waals surface area contributed by atoms with E-state index in [-0.39, 0.29) is 23.9 Å². The summed E-state index contributed by atoms with van der Waals surface area (Å²) >= 11 is 6.02. The molecule has 0 spiro atoms. The molecular weight excluding hydrogens is 518 g/mol. The van der Waals surface area contributed by atoms with E-state index in [1.807, 2.05) is 13.8 Å². The number of hydrogen-bond donors (Lipinski definition) is 1. The Morgan fingerprint density at radius 3 is 2.32 bits per heavy atom. The van der Waals surface area contributed by atoms with E-state index < -0.39 is 28.5 Å². The van der Waals surface area contributed by atoms with Crippen LogP contribution in [0.1, 0.15) is 39.2 Å². The molecule has 1 heterocycles. The van der Waals surface area contributed by atoms with Gasteiger partial charge in [-0.1, -0.05) is 37.6 Å². The summed E-state index contributed by atoms with van der Waals surface area (Å²) in [6.45, 7) is 6.15. The number of carbonyl (C=O) groups excluding carboxylic acids is 2. The van der Waals surface area contributed by atoms with Crippen LogP contribution < -0.4 is 19.1 Å². The van der Waals surface area contributed by atoms with Gasteiger partial charge in [0.15, 0.2) is 11.5 Å². The largest absolute Gasteiger partial charge is 0.486 e. The van der Waals surface area contributed by atoms with Crippen molar-refractivity contribution in [2.45, 2.75) is 46.2 Å². The van der Waals surface area contributed by atoms with E-state index in [9.17, 15) is 18.0 Å². The predicted octanol–water partition coefficient (Wildman–Crippen LogP) is 3.60. The molecule has 1 aliphatic heterocycles. The van der Waals surface area contributed by atoms with Gasteiger partial charge >= 0.3 is 0 Å². The average Bonchev–Trinajstić information content (AvgIpc) is 2.90. The summed E-state index contributed by atoms with van der Waals surface area (Å²) in [5.74, 6) is -0.0644. The highest BCUT2D eigenvalue weighted by molar-refractivity contribution is 7.92. The quantitative estimate of drug-likeness (QED) is 0.432. The average molecular weight is 552 g/mol. The molecular formula is C26H34ClN3O6S. The Balaban J connectivity index is 1.96. The van der Waals surface area contributed by atoms with Gasteiger partial charge in [-0.3, -0.25) is 13.9 Å². The molecule has 3 rings (SSSR count). The van der Waals surface area contributed by atoms with Crippen LogP contribution in [-0.4, -0.2) is 63.2 Å². The van der Waals surface area contributed by atoms with Gasteiger partial charge in [0.1, 0.15) is 25.8 Å². The van der Waals surface area contributed by atoms with Crippen LogP contribution in [0.4, 0.5) is 5.69 Å². The molecule has 0 aliphatic carbocycles. The second-order valence-electron chi connectivity index (χ2n) is 8.60. The summed E-state index contributed by atoms with van der Waals surface area (Å²) in [5.41, 5.74) is 1.05. The first kappa shape index (κ1) is 28.6. The second-order valence-corrected chi connectivity index (χ2v) is 11.2. The molecule has 37 heavy (non-hydrogen) atoms. The summed E-state index contributed by atoms with van der Waals surface area (Å²) in [4.78, 5) is 28.2. The fourth-order valence-corrected chi connectivity index (χ4v) is 5.16. The number of fused-ring (bicyclic) bond motifs is 1. The summed E-state index contributed by atoms with van der Waals surface area (Å²) in [6.07, 6.45) is 1.11. The lowest BCUT2D eigenvalue weighted by Crippen LogP contribution is -2.52. The van der Waals surface area contributed by atoms with E-state index in [1.54, 1.807) is 42.5 Å². The number of anilines is 1. The van der Waals surface area contributed by atoms with Crippen LogP contribution in [0.5, 0.6) is 11.5 Å². The predicted molar refractivity (Wildman–Crippen MR) is 144 cm³/mol. The van der Waals surface area contributed by atoms with Crippen LogP contribution in [-0.2, 0) is 26.2 Å². The summed E-state index contributed by atoms with van der Waals surface area (Å²) in [7, 11) is -3.84. The Morgan fingerprint density at radius 1 is 1.03 bits per heavy atom. The maximum Gasteiger partial charge on any atom is 0.244 e.